The van der Waals surface area contributed by atoms with Gasteiger partial charge in [0.1, 0.15) is 0 Å². The summed E-state index contributed by atoms with van der Waals surface area (Å²) in [7, 11) is 0. The number of rotatable bonds is 5. The Balaban J connectivity index is 2.47. The van der Waals surface area contributed by atoms with Crippen molar-refractivity contribution in [3.8, 4) is 0 Å². The third-order valence-electron chi connectivity index (χ3n) is 2.06. The van der Waals surface area contributed by atoms with Crippen molar-refractivity contribution in [3.63, 3.8) is 0 Å². The van der Waals surface area contributed by atoms with Crippen LogP contribution in [-0.4, -0.2) is 34.7 Å². The molecular weight excluding hydrogens is 224 g/mol. The van der Waals surface area contributed by atoms with E-state index in [-0.39, 0.29) is 6.54 Å². The molecule has 17 heavy (non-hydrogen) atoms. The van der Waals surface area contributed by atoms with E-state index in [4.69, 9.17) is 10.8 Å². The highest BCUT2D eigenvalue weighted by Gasteiger charge is 2.11. The number of carbonyl (C=O) groups is 2. The van der Waals surface area contributed by atoms with Crippen LogP contribution in [0.25, 0.3) is 0 Å². The van der Waals surface area contributed by atoms with Crippen LogP contribution in [0.5, 0.6) is 0 Å². The van der Waals surface area contributed by atoms with E-state index in [1.54, 1.807) is 18.2 Å². The highest BCUT2D eigenvalue weighted by molar-refractivity contribution is 5.95. The molecule has 1 amide bonds. The summed E-state index contributed by atoms with van der Waals surface area (Å²) in [6, 6.07) is 6.36. The second-order valence-corrected chi connectivity index (χ2v) is 3.59. The molecule has 0 radical (unpaired) electrons. The molecule has 6 nitrogen and oxygen atoms in total. The van der Waals surface area contributed by atoms with Gasteiger partial charge in [0.2, 0.25) is 0 Å². The maximum Gasteiger partial charge on any atom is 0.306 e. The Morgan fingerprint density at radius 2 is 2.12 bits per heavy atom. The molecule has 0 aliphatic heterocycles. The van der Waals surface area contributed by atoms with E-state index in [9.17, 15) is 14.7 Å². The van der Waals surface area contributed by atoms with E-state index >= 15 is 0 Å². The number of nitrogen functional groups attached to an aromatic ring is 1. The topological polar surface area (TPSA) is 113 Å². The smallest absolute Gasteiger partial charge is 0.306 e. The first kappa shape index (κ1) is 13.0. The lowest BCUT2D eigenvalue weighted by molar-refractivity contribution is -0.139. The van der Waals surface area contributed by atoms with Gasteiger partial charge in [0.15, 0.2) is 0 Å². The first-order chi connectivity index (χ1) is 7.99. The number of anilines is 1. The molecule has 0 fully saturated rings. The first-order valence-electron chi connectivity index (χ1n) is 5.02. The van der Waals surface area contributed by atoms with Crippen molar-refractivity contribution in [2.24, 2.45) is 0 Å². The van der Waals surface area contributed by atoms with E-state index < -0.39 is 24.4 Å². The van der Waals surface area contributed by atoms with Gasteiger partial charge in [0.25, 0.3) is 5.91 Å². The minimum Gasteiger partial charge on any atom is -0.481 e. The predicted octanol–water partition coefficient (Wildman–Crippen LogP) is -0.166. The summed E-state index contributed by atoms with van der Waals surface area (Å²) in [6.45, 7) is -0.111. The number of aliphatic carboxylic acids is 1. The van der Waals surface area contributed by atoms with E-state index in [1.807, 2.05) is 0 Å². The Labute approximate surface area is 98.1 Å². The van der Waals surface area contributed by atoms with Gasteiger partial charge in [-0.25, -0.2) is 0 Å². The fraction of sp³-hybridized carbons (Fsp3) is 0.273. The van der Waals surface area contributed by atoms with Crippen LogP contribution in [0.2, 0.25) is 0 Å². The van der Waals surface area contributed by atoms with Gasteiger partial charge in [0, 0.05) is 17.8 Å². The first-order valence-corrected chi connectivity index (χ1v) is 5.02. The second-order valence-electron chi connectivity index (χ2n) is 3.59. The molecule has 0 aliphatic carbocycles. The lowest BCUT2D eigenvalue weighted by atomic mass is 10.2. The summed E-state index contributed by atoms with van der Waals surface area (Å²) >= 11 is 0. The molecule has 1 aromatic rings. The average molecular weight is 238 g/mol. The molecule has 0 saturated heterocycles. The van der Waals surface area contributed by atoms with Gasteiger partial charge < -0.3 is 21.3 Å². The van der Waals surface area contributed by atoms with Crippen LogP contribution < -0.4 is 11.1 Å². The molecule has 92 valence electrons. The van der Waals surface area contributed by atoms with Crippen molar-refractivity contribution in [1.82, 2.24) is 5.32 Å². The fourth-order valence-corrected chi connectivity index (χ4v) is 1.27. The van der Waals surface area contributed by atoms with Crippen molar-refractivity contribution in [2.45, 2.75) is 12.5 Å². The van der Waals surface area contributed by atoms with Crippen LogP contribution in [0.3, 0.4) is 0 Å². The van der Waals surface area contributed by atoms with Gasteiger partial charge >= 0.3 is 5.97 Å². The van der Waals surface area contributed by atoms with Crippen LogP contribution >= 0.6 is 0 Å². The number of aliphatic hydroxyl groups is 1. The minimum atomic E-state index is -1.12. The number of benzene rings is 1. The monoisotopic (exact) mass is 238 g/mol. The standard InChI is InChI=1S/C11H14N2O4/c12-8-3-1-2-7(4-8)11(17)13-6-9(14)5-10(15)16/h1-4,9,14H,5-6,12H2,(H,13,17)(H,15,16). The molecule has 0 aromatic heterocycles. The zero-order chi connectivity index (χ0) is 12.8. The van der Waals surface area contributed by atoms with Crippen molar-refractivity contribution < 1.29 is 19.8 Å². The van der Waals surface area contributed by atoms with Crippen molar-refractivity contribution in [2.75, 3.05) is 12.3 Å². The van der Waals surface area contributed by atoms with Crippen LogP contribution in [0.15, 0.2) is 24.3 Å². The van der Waals surface area contributed by atoms with Gasteiger partial charge in [-0.05, 0) is 18.2 Å². The van der Waals surface area contributed by atoms with E-state index in [0.29, 0.717) is 11.3 Å². The predicted molar refractivity (Wildman–Crippen MR) is 61.4 cm³/mol. The lowest BCUT2D eigenvalue weighted by Crippen LogP contribution is -2.33. The Hall–Kier alpha value is -2.08. The highest BCUT2D eigenvalue weighted by Crippen LogP contribution is 2.06. The third kappa shape index (κ3) is 4.52. The molecule has 0 bridgehead atoms. The zero-order valence-electron chi connectivity index (χ0n) is 9.09. The van der Waals surface area contributed by atoms with E-state index in [0.717, 1.165) is 0 Å². The highest BCUT2D eigenvalue weighted by atomic mass is 16.4. The largest absolute Gasteiger partial charge is 0.481 e. The number of carboxylic acids is 1. The van der Waals surface area contributed by atoms with E-state index in [2.05, 4.69) is 5.32 Å². The third-order valence-corrected chi connectivity index (χ3v) is 2.06. The molecular formula is C11H14N2O4. The number of hydrogen-bond acceptors (Lipinski definition) is 4. The minimum absolute atomic E-state index is 0.111. The summed E-state index contributed by atoms with van der Waals surface area (Å²) in [6.07, 6.45) is -1.51. The average Bonchev–Trinajstić information content (AvgIpc) is 2.25. The summed E-state index contributed by atoms with van der Waals surface area (Å²) < 4.78 is 0. The SMILES string of the molecule is Nc1cccc(C(=O)NCC(O)CC(=O)O)c1. The van der Waals surface area contributed by atoms with Crippen molar-refractivity contribution >= 4 is 17.6 Å². The number of carbonyl (C=O) groups excluding carboxylic acids is 1. The Morgan fingerprint density at radius 1 is 1.41 bits per heavy atom. The summed E-state index contributed by atoms with van der Waals surface area (Å²) in [4.78, 5) is 21.8. The quantitative estimate of drug-likeness (QED) is 0.532. The summed E-state index contributed by atoms with van der Waals surface area (Å²) in [5.41, 5.74) is 6.34. The molecule has 0 spiro atoms. The number of carboxylic acid groups (broad SMARTS) is 1. The van der Waals surface area contributed by atoms with Gasteiger partial charge in [-0.15, -0.1) is 0 Å². The molecule has 1 atom stereocenters. The Bertz CT molecular complexity index is 420. The Morgan fingerprint density at radius 3 is 2.71 bits per heavy atom. The molecule has 0 aliphatic rings. The normalized spacial score (nSPS) is 11.8. The van der Waals surface area contributed by atoms with Crippen LogP contribution in [0.4, 0.5) is 5.69 Å². The molecule has 5 N–H and O–H groups in total. The molecule has 1 aromatic carbocycles. The molecule has 0 saturated carbocycles. The number of hydrogen-bond donors (Lipinski definition) is 4. The second kappa shape index (κ2) is 5.86. The maximum atomic E-state index is 11.6. The summed E-state index contributed by atoms with van der Waals surface area (Å²) in [5, 5.41) is 20.1. The van der Waals surface area contributed by atoms with Crippen LogP contribution in [-0.2, 0) is 4.79 Å². The number of amides is 1. The summed E-state index contributed by atoms with van der Waals surface area (Å²) in [5.74, 6) is -1.52. The number of nitrogens with two attached hydrogens (primary N) is 1. The molecule has 0 heterocycles. The van der Waals surface area contributed by atoms with Crippen molar-refractivity contribution in [3.05, 3.63) is 29.8 Å². The lowest BCUT2D eigenvalue weighted by Gasteiger charge is -2.09. The molecule has 1 rings (SSSR count). The molecule has 1 unspecified atom stereocenters. The van der Waals surface area contributed by atoms with Gasteiger partial charge in [-0.1, -0.05) is 6.07 Å². The number of aliphatic hydroxyl groups excluding tert-OH is 1. The molecule has 6 heteroatoms. The van der Waals surface area contributed by atoms with Crippen LogP contribution in [0, 0.1) is 0 Å². The van der Waals surface area contributed by atoms with Crippen molar-refractivity contribution in [1.29, 1.82) is 0 Å². The van der Waals surface area contributed by atoms with Crippen LogP contribution in [0.1, 0.15) is 16.8 Å². The van der Waals surface area contributed by atoms with Gasteiger partial charge in [-0.3, -0.25) is 9.59 Å². The Kier molecular flexibility index (Phi) is 4.47. The zero-order valence-corrected chi connectivity index (χ0v) is 9.09. The van der Waals surface area contributed by atoms with Gasteiger partial charge in [0.05, 0.1) is 12.5 Å². The maximum absolute atomic E-state index is 11.6. The van der Waals surface area contributed by atoms with Gasteiger partial charge in [-0.2, -0.15) is 0 Å². The number of nitrogens with one attached hydrogen (secondary N) is 1. The van der Waals surface area contributed by atoms with E-state index in [1.165, 1.54) is 6.07 Å². The fourth-order valence-electron chi connectivity index (χ4n) is 1.27.